The van der Waals surface area contributed by atoms with Crippen LogP contribution in [0.2, 0.25) is 0 Å². The number of fused-ring (bicyclic) bond motifs is 1. The minimum Gasteiger partial charge on any atom is -0.389 e. The number of carbonyl (C=O) groups is 1. The lowest BCUT2D eigenvalue weighted by Gasteiger charge is -2.33. The number of aliphatic hydroxyl groups is 1. The molecule has 1 aliphatic heterocycles. The Morgan fingerprint density at radius 3 is 3.06 bits per heavy atom. The molecule has 0 saturated carbocycles. The van der Waals surface area contributed by atoms with Gasteiger partial charge in [-0.3, -0.25) is 4.79 Å². The summed E-state index contributed by atoms with van der Waals surface area (Å²) in [5.41, 5.74) is -0.158. The van der Waals surface area contributed by atoms with Crippen LogP contribution >= 0.6 is 0 Å². The third kappa shape index (κ3) is 2.30. The van der Waals surface area contributed by atoms with Crippen LogP contribution in [0.5, 0.6) is 0 Å². The van der Waals surface area contributed by atoms with Crippen molar-refractivity contribution in [3.05, 3.63) is 18.3 Å². The van der Waals surface area contributed by atoms with Crippen molar-refractivity contribution in [2.75, 3.05) is 23.3 Å². The number of rotatable bonds is 2. The van der Waals surface area contributed by atoms with Gasteiger partial charge in [-0.15, -0.1) is 0 Å². The second kappa shape index (κ2) is 3.75. The molecule has 0 spiro atoms. The van der Waals surface area contributed by atoms with Crippen LogP contribution in [0.1, 0.15) is 13.8 Å². The van der Waals surface area contributed by atoms with Gasteiger partial charge in [-0.25, -0.2) is 4.98 Å². The number of nitrogens with zero attached hydrogens (tertiary/aromatic N) is 2. The zero-order chi connectivity index (χ0) is 11.8. The molecule has 0 radical (unpaired) electrons. The van der Waals surface area contributed by atoms with Gasteiger partial charge in [-0.2, -0.15) is 0 Å². The van der Waals surface area contributed by atoms with Gasteiger partial charge in [0.05, 0.1) is 17.8 Å². The fourth-order valence-electron chi connectivity index (χ4n) is 1.78. The van der Waals surface area contributed by atoms with Crippen LogP contribution in [0.15, 0.2) is 18.3 Å². The van der Waals surface area contributed by atoms with Gasteiger partial charge in [0.2, 0.25) is 5.91 Å². The van der Waals surface area contributed by atoms with Crippen molar-refractivity contribution in [3.8, 4) is 0 Å². The zero-order valence-corrected chi connectivity index (χ0v) is 9.40. The standard InChI is InChI=1S/C11H15N3O2/c1-11(2,16)7-14-6-9(15)13-8-4-3-5-12-10(8)14/h3-5,16H,6-7H2,1-2H3,(H,13,15). The second-order valence-corrected chi connectivity index (χ2v) is 4.59. The molecule has 0 fully saturated rings. The van der Waals surface area contributed by atoms with Crippen molar-refractivity contribution in [1.82, 2.24) is 4.98 Å². The highest BCUT2D eigenvalue weighted by molar-refractivity contribution is 6.00. The molecule has 5 heteroatoms. The van der Waals surface area contributed by atoms with E-state index in [2.05, 4.69) is 10.3 Å². The Kier molecular flexibility index (Phi) is 2.55. The molecule has 0 saturated heterocycles. The summed E-state index contributed by atoms with van der Waals surface area (Å²) in [6.07, 6.45) is 1.67. The van der Waals surface area contributed by atoms with E-state index in [1.807, 2.05) is 0 Å². The van der Waals surface area contributed by atoms with E-state index in [1.165, 1.54) is 0 Å². The maximum atomic E-state index is 11.5. The van der Waals surface area contributed by atoms with Crippen LogP contribution in [0.25, 0.3) is 0 Å². The first-order chi connectivity index (χ1) is 7.46. The molecule has 1 amide bonds. The van der Waals surface area contributed by atoms with Crippen LogP contribution < -0.4 is 10.2 Å². The SMILES string of the molecule is CC(C)(O)CN1CC(=O)Nc2cccnc21. The highest BCUT2D eigenvalue weighted by Gasteiger charge is 2.27. The number of aromatic nitrogens is 1. The van der Waals surface area contributed by atoms with Crippen molar-refractivity contribution >= 4 is 17.4 Å². The van der Waals surface area contributed by atoms with Gasteiger partial charge in [-0.1, -0.05) is 0 Å². The van der Waals surface area contributed by atoms with E-state index in [-0.39, 0.29) is 12.5 Å². The Labute approximate surface area is 94.1 Å². The molecule has 16 heavy (non-hydrogen) atoms. The highest BCUT2D eigenvalue weighted by Crippen LogP contribution is 2.27. The van der Waals surface area contributed by atoms with E-state index in [0.717, 1.165) is 0 Å². The van der Waals surface area contributed by atoms with Crippen molar-refractivity contribution in [2.45, 2.75) is 19.4 Å². The van der Waals surface area contributed by atoms with Crippen molar-refractivity contribution < 1.29 is 9.90 Å². The molecule has 2 N–H and O–H groups in total. The topological polar surface area (TPSA) is 65.5 Å². The number of anilines is 2. The maximum absolute atomic E-state index is 11.5. The van der Waals surface area contributed by atoms with Crippen LogP contribution in [0.3, 0.4) is 0 Å². The van der Waals surface area contributed by atoms with Gasteiger partial charge in [-0.05, 0) is 26.0 Å². The van der Waals surface area contributed by atoms with Crippen LogP contribution in [0, 0.1) is 0 Å². The molecule has 1 aromatic rings. The molecule has 2 rings (SSSR count). The van der Waals surface area contributed by atoms with Gasteiger partial charge in [0, 0.05) is 12.7 Å². The molecule has 0 aliphatic carbocycles. The fourth-order valence-corrected chi connectivity index (χ4v) is 1.78. The number of hydrogen-bond donors (Lipinski definition) is 2. The number of carbonyl (C=O) groups excluding carboxylic acids is 1. The first-order valence-electron chi connectivity index (χ1n) is 5.18. The van der Waals surface area contributed by atoms with Gasteiger partial charge < -0.3 is 15.3 Å². The quantitative estimate of drug-likeness (QED) is 0.768. The molecular weight excluding hydrogens is 206 g/mol. The summed E-state index contributed by atoms with van der Waals surface area (Å²) in [6.45, 7) is 4.03. The first-order valence-corrected chi connectivity index (χ1v) is 5.18. The first kappa shape index (κ1) is 10.9. The number of hydrogen-bond acceptors (Lipinski definition) is 4. The lowest BCUT2D eigenvalue weighted by molar-refractivity contribution is -0.115. The third-order valence-corrected chi connectivity index (χ3v) is 2.27. The summed E-state index contributed by atoms with van der Waals surface area (Å²) in [6, 6.07) is 3.57. The molecule has 1 aliphatic rings. The minimum absolute atomic E-state index is 0.0789. The van der Waals surface area contributed by atoms with Gasteiger partial charge in [0.15, 0.2) is 5.82 Å². The van der Waals surface area contributed by atoms with Crippen LogP contribution in [-0.4, -0.2) is 34.7 Å². The van der Waals surface area contributed by atoms with E-state index < -0.39 is 5.60 Å². The van der Waals surface area contributed by atoms with E-state index >= 15 is 0 Å². The van der Waals surface area contributed by atoms with Gasteiger partial charge in [0.25, 0.3) is 0 Å². The van der Waals surface area contributed by atoms with Crippen molar-refractivity contribution in [1.29, 1.82) is 0 Å². The smallest absolute Gasteiger partial charge is 0.244 e. The monoisotopic (exact) mass is 221 g/mol. The Bertz CT molecular complexity index is 412. The summed E-state index contributed by atoms with van der Waals surface area (Å²) < 4.78 is 0. The summed E-state index contributed by atoms with van der Waals surface area (Å²) >= 11 is 0. The fraction of sp³-hybridized carbons (Fsp3) is 0.455. The molecule has 0 unspecified atom stereocenters. The Morgan fingerprint density at radius 2 is 2.38 bits per heavy atom. The average molecular weight is 221 g/mol. The maximum Gasteiger partial charge on any atom is 0.244 e. The van der Waals surface area contributed by atoms with Crippen LogP contribution in [-0.2, 0) is 4.79 Å². The average Bonchev–Trinajstić information content (AvgIpc) is 2.14. The number of nitrogens with one attached hydrogen (secondary N) is 1. The molecule has 1 aromatic heterocycles. The van der Waals surface area contributed by atoms with E-state index in [0.29, 0.717) is 18.1 Å². The Morgan fingerprint density at radius 1 is 1.62 bits per heavy atom. The van der Waals surface area contributed by atoms with E-state index in [1.54, 1.807) is 37.1 Å². The third-order valence-electron chi connectivity index (χ3n) is 2.27. The van der Waals surface area contributed by atoms with Crippen LogP contribution in [0.4, 0.5) is 11.5 Å². The predicted octanol–water partition coefficient (Wildman–Crippen LogP) is 0.611. The molecule has 5 nitrogen and oxygen atoms in total. The van der Waals surface area contributed by atoms with E-state index in [9.17, 15) is 9.90 Å². The Hall–Kier alpha value is -1.62. The normalized spacial score (nSPS) is 15.7. The summed E-state index contributed by atoms with van der Waals surface area (Å²) in [7, 11) is 0. The van der Waals surface area contributed by atoms with Crippen molar-refractivity contribution in [3.63, 3.8) is 0 Å². The molecule has 0 atom stereocenters. The highest BCUT2D eigenvalue weighted by atomic mass is 16.3. The molecule has 86 valence electrons. The summed E-state index contributed by atoms with van der Waals surface area (Å²) in [5, 5.41) is 12.5. The number of amides is 1. The van der Waals surface area contributed by atoms with E-state index in [4.69, 9.17) is 0 Å². The van der Waals surface area contributed by atoms with Gasteiger partial charge >= 0.3 is 0 Å². The Balaban J connectivity index is 2.30. The number of β-amino-alcohol motifs (C(OH)–C–C–N with tert-alkyl or cyclic N) is 1. The predicted molar refractivity (Wildman–Crippen MR) is 61.4 cm³/mol. The summed E-state index contributed by atoms with van der Waals surface area (Å²) in [5.74, 6) is 0.633. The van der Waals surface area contributed by atoms with Crippen molar-refractivity contribution in [2.24, 2.45) is 0 Å². The summed E-state index contributed by atoms with van der Waals surface area (Å²) in [4.78, 5) is 17.5. The lowest BCUT2D eigenvalue weighted by Crippen LogP contribution is -2.46. The number of pyridine rings is 1. The molecule has 0 bridgehead atoms. The molecular formula is C11H15N3O2. The molecule has 2 heterocycles. The van der Waals surface area contributed by atoms with Gasteiger partial charge in [0.1, 0.15) is 0 Å². The lowest BCUT2D eigenvalue weighted by atomic mass is 10.1. The zero-order valence-electron chi connectivity index (χ0n) is 9.40. The minimum atomic E-state index is -0.855. The second-order valence-electron chi connectivity index (χ2n) is 4.59. The largest absolute Gasteiger partial charge is 0.389 e. The molecule has 0 aromatic carbocycles.